The second-order valence-corrected chi connectivity index (χ2v) is 42.8. The second kappa shape index (κ2) is 41.1. The molecule has 6 aliphatic rings. The topological polar surface area (TPSA) is 893 Å². The molecule has 20 rings (SSSR count). The van der Waals surface area contributed by atoms with Crippen molar-refractivity contribution in [1.82, 2.24) is 107 Å². The standard InChI is InChI=1S/C79H89N27O37P6/c1-36-23-101(78(112)100-69(36)107)52-18-41(46(132-52)24-126-79(37-11-5-2-6-12-37,38-13-7-3-8-14-38)39-15-9-4-10-16-39)139-145(116,117)128-27-49-43(20-55(135-49)104-33-89-60-66(104)93-75(82)97-71(60)109)142-148(122,123)130-29-51-45(22-57(137-51)106-35-91-62-68(106)95-77(84)99-73(62)111)143-149(124,125)131-28-50-44(21-56(136-50)105-34-90-61-67(105)94-76(83)98-72(61)110)141-147(120,121)129-26-48-42(19-53(134-48)102-31-87-58-63(80)85-30-86-64(58)102)140-146(118,119)127-25-47-40(138-144(113,114)115)17-54(133-47)103-32-88-59-65(103)92-74(81)96-70(59)108/h2-16,23,30-35,40-57H,17-22,24-29H2,1H3,(H,116,117)(H,118,119)(H,120,121)(H,122,123)(H,124,125)(H2,80,85,86)(H,100,107,112)(H2,113,114,115)(H3,81,92,96,108)(H3,82,93,97,109)(H3,83,94,98,110)(H3,84,95,99,111)/t40-,41-,42-,43-,44-,45-,46+,47+,48+,49+,50+,51+,52+,53?,54+,55+,56+,57+/m0/s1. The summed E-state index contributed by atoms with van der Waals surface area (Å²) in [6.45, 7) is -4.50. The Kier molecular flexibility index (Phi) is 28.6. The zero-order valence-corrected chi connectivity index (χ0v) is 82.0. The molecule has 6 unspecified atom stereocenters. The molecule has 70 heteroatoms. The van der Waals surface area contributed by atoms with E-state index in [1.54, 1.807) is 0 Å². The summed E-state index contributed by atoms with van der Waals surface area (Å²) < 4.78 is 200. The van der Waals surface area contributed by atoms with Crippen molar-refractivity contribution in [1.29, 1.82) is 0 Å². The molecule has 23 atom stereocenters. The Morgan fingerprint density at radius 2 is 0.597 bits per heavy atom. The first-order valence-electron chi connectivity index (χ1n) is 44.8. The lowest BCUT2D eigenvalue weighted by Gasteiger charge is -2.37. The number of rotatable bonds is 39. The summed E-state index contributed by atoms with van der Waals surface area (Å²) in [6, 6.07) is 27.3. The number of nitrogen functional groups attached to an aromatic ring is 5. The molecule has 792 valence electrons. The largest absolute Gasteiger partial charge is 0.472 e. The van der Waals surface area contributed by atoms with Crippen molar-refractivity contribution in [3.8, 4) is 0 Å². The third kappa shape index (κ3) is 22.2. The molecule has 64 nitrogen and oxygen atoms in total. The first-order valence-corrected chi connectivity index (χ1v) is 53.8. The van der Waals surface area contributed by atoms with Gasteiger partial charge in [0, 0.05) is 50.3 Å². The van der Waals surface area contributed by atoms with Crippen molar-refractivity contribution in [2.24, 2.45) is 0 Å². The Hall–Kier alpha value is -12.3. The highest BCUT2D eigenvalue weighted by molar-refractivity contribution is 7.48. The van der Waals surface area contributed by atoms with E-state index in [9.17, 15) is 90.4 Å². The molecule has 0 amide bonds. The van der Waals surface area contributed by atoms with Crippen LogP contribution in [-0.4, -0.2) is 254 Å². The number of hydrogen-bond donors (Lipinski definition) is 17. The first-order chi connectivity index (χ1) is 70.9. The Bertz CT molecular complexity index is 8020. The van der Waals surface area contributed by atoms with Gasteiger partial charge in [-0.15, -0.1) is 0 Å². The maximum absolute atomic E-state index is 14.9. The van der Waals surface area contributed by atoms with E-state index in [-0.39, 0.29) is 85.5 Å². The van der Waals surface area contributed by atoms with E-state index >= 15 is 0 Å². The fourth-order valence-corrected chi connectivity index (χ4v) is 23.7. The van der Waals surface area contributed by atoms with Gasteiger partial charge in [0.1, 0.15) is 128 Å². The third-order valence-electron chi connectivity index (χ3n) is 24.9. The van der Waals surface area contributed by atoms with Crippen molar-refractivity contribution in [3.63, 3.8) is 0 Å². The Morgan fingerprint density at radius 1 is 0.336 bits per heavy atom. The summed E-state index contributed by atoms with van der Waals surface area (Å²) in [5.74, 6) is -1.64. The van der Waals surface area contributed by atoms with Crippen molar-refractivity contribution < 1.29 is 145 Å². The Labute approximate surface area is 830 Å². The zero-order chi connectivity index (χ0) is 105. The van der Waals surface area contributed by atoms with E-state index in [1.165, 1.54) is 33.1 Å². The zero-order valence-electron chi connectivity index (χ0n) is 76.6. The number of phosphoric ester groups is 6. The van der Waals surface area contributed by atoms with Gasteiger partial charge in [0.15, 0.2) is 56.1 Å². The van der Waals surface area contributed by atoms with Crippen LogP contribution in [0.25, 0.3) is 55.8 Å². The second-order valence-electron chi connectivity index (χ2n) is 34.6. The van der Waals surface area contributed by atoms with Gasteiger partial charge in [-0.05, 0) is 23.6 Å². The summed E-state index contributed by atoms with van der Waals surface area (Å²) in [4.78, 5) is 215. The molecule has 14 aromatic rings. The predicted octanol–water partition coefficient (Wildman–Crippen LogP) is 1.85. The molecule has 0 radical (unpaired) electrons. The Balaban J connectivity index is 0.543. The fraction of sp³-hybridized carbons (Fsp3) is 0.405. The smallest absolute Gasteiger partial charge is 0.382 e. The number of fused-ring (bicyclic) bond motifs is 5. The summed E-state index contributed by atoms with van der Waals surface area (Å²) in [6.07, 6.45) is -23.8. The number of anilines is 5. The molecule has 6 fully saturated rings. The number of phosphoric acid groups is 6. The first kappa shape index (κ1) is 104. The van der Waals surface area contributed by atoms with Gasteiger partial charge in [-0.3, -0.25) is 126 Å². The number of aryl methyl sites for hydroxylation is 1. The van der Waals surface area contributed by atoms with E-state index in [1.807, 2.05) is 91.0 Å². The number of aromatic amines is 5. The number of nitrogens with zero attached hydrogens (tertiary/aromatic N) is 17. The van der Waals surface area contributed by atoms with Crippen LogP contribution in [0.2, 0.25) is 0 Å². The molecule has 3 aromatic carbocycles. The summed E-state index contributed by atoms with van der Waals surface area (Å²) in [7, 11) is -33.6. The van der Waals surface area contributed by atoms with Gasteiger partial charge in [-0.2, -0.15) is 19.9 Å². The molecule has 0 saturated carbocycles. The number of aromatic nitrogens is 22. The van der Waals surface area contributed by atoms with Crippen LogP contribution >= 0.6 is 46.9 Å². The lowest BCUT2D eigenvalue weighted by atomic mass is 9.80. The molecule has 6 aliphatic heterocycles. The number of nitrogens with two attached hydrogens (primary N) is 5. The average molecular weight is 2190 g/mol. The third-order valence-corrected chi connectivity index (χ3v) is 30.5. The minimum absolute atomic E-state index is 0.0480. The van der Waals surface area contributed by atoms with Crippen LogP contribution in [0.1, 0.15) is 98.1 Å². The quantitative estimate of drug-likeness (QED) is 0.0193. The highest BCUT2D eigenvalue weighted by atomic mass is 31.2. The highest BCUT2D eigenvalue weighted by Gasteiger charge is 2.54. The molecule has 22 N–H and O–H groups in total. The number of imidazole rings is 5. The number of nitrogens with one attached hydrogen (secondary N) is 5. The van der Waals surface area contributed by atoms with Gasteiger partial charge in [-0.25, -0.2) is 67.1 Å². The van der Waals surface area contributed by atoms with Gasteiger partial charge in [0.05, 0.1) is 71.3 Å². The summed E-state index contributed by atoms with van der Waals surface area (Å²) in [5, 5.41) is 0. The maximum Gasteiger partial charge on any atom is 0.472 e. The molecule has 149 heavy (non-hydrogen) atoms. The Morgan fingerprint density at radius 3 is 0.886 bits per heavy atom. The van der Waals surface area contributed by atoms with E-state index < -0.39 is 280 Å². The van der Waals surface area contributed by atoms with Crippen LogP contribution < -0.4 is 62.2 Å². The van der Waals surface area contributed by atoms with Crippen LogP contribution in [0, 0.1) is 6.92 Å². The molecule has 6 saturated heterocycles. The summed E-state index contributed by atoms with van der Waals surface area (Å²) >= 11 is 0. The maximum atomic E-state index is 14.9. The van der Waals surface area contributed by atoms with Crippen molar-refractivity contribution in [3.05, 3.63) is 220 Å². The van der Waals surface area contributed by atoms with Crippen molar-refractivity contribution in [2.75, 3.05) is 68.3 Å². The van der Waals surface area contributed by atoms with Crippen LogP contribution in [0.4, 0.5) is 29.6 Å². The SMILES string of the molecule is Cc1cn([C@H]2C[C@H](OP(=O)(O)OC[C@H]3O[C@@H](n4cnc5c(=O)[nH]c(N)nc54)C[C@@H]3OP(=O)(O)OC[C@H]3O[C@@H](n4cnc5c(=O)[nH]c(N)nc54)C[C@@H]3OP(=O)(O)OC[C@H]3O[C@@H](n4cnc5c(=O)[nH]c(N)nc54)C[C@@H]3OP(=O)(O)OC[C@H]3OC(n4cnc5c(N)ncnc54)C[C@@H]3OP(=O)(O)OC[C@H]3O[C@@H](n4cnc5c(=O)[nH]c(N)nc54)C[C@@H]3OP(=O)(O)O)[C@@H](COC(c3ccccc3)(c3ccccc3)c3ccccc3)O2)c(=O)[nH]c1=O. The highest BCUT2D eigenvalue weighted by Crippen LogP contribution is 2.58. The molecule has 0 aliphatic carbocycles. The lowest BCUT2D eigenvalue weighted by molar-refractivity contribution is -0.0952. The van der Waals surface area contributed by atoms with Crippen LogP contribution in [0.15, 0.2) is 164 Å². The molecule has 0 bridgehead atoms. The minimum Gasteiger partial charge on any atom is -0.382 e. The van der Waals surface area contributed by atoms with Gasteiger partial charge < -0.3 is 96.1 Å². The van der Waals surface area contributed by atoms with Crippen LogP contribution in [-0.2, 0) is 116 Å². The number of H-pyrrole nitrogens is 5. The fourth-order valence-electron chi connectivity index (χ4n) is 18.3. The molecule has 17 heterocycles. The molecular weight excluding hydrogens is 2100 g/mol. The number of benzene rings is 3. The van der Waals surface area contributed by atoms with Crippen molar-refractivity contribution in [2.45, 2.75) is 162 Å². The normalized spacial score (nSPS) is 26.5. The van der Waals surface area contributed by atoms with Gasteiger partial charge in [0.25, 0.3) is 27.8 Å². The monoisotopic (exact) mass is 2190 g/mol. The van der Waals surface area contributed by atoms with Crippen LogP contribution in [0.3, 0.4) is 0 Å². The van der Waals surface area contributed by atoms with E-state index in [0.29, 0.717) is 16.7 Å². The molecule has 0 spiro atoms. The van der Waals surface area contributed by atoms with E-state index in [0.717, 1.165) is 45.3 Å². The van der Waals surface area contributed by atoms with Gasteiger partial charge >= 0.3 is 52.6 Å². The minimum atomic E-state index is -5.75. The molecule has 11 aromatic heterocycles. The van der Waals surface area contributed by atoms with Crippen LogP contribution in [0.5, 0.6) is 0 Å². The van der Waals surface area contributed by atoms with Gasteiger partial charge in [0.2, 0.25) is 23.8 Å². The number of ether oxygens (including phenoxy) is 7. The van der Waals surface area contributed by atoms with Gasteiger partial charge in [-0.1, -0.05) is 91.0 Å². The average Bonchev–Trinajstić information content (AvgIpc) is 1.75. The lowest BCUT2D eigenvalue weighted by Crippen LogP contribution is -2.38. The van der Waals surface area contributed by atoms with E-state index in [2.05, 4.69) is 79.7 Å². The number of hydrogen-bond acceptors (Lipinski definition) is 46. The van der Waals surface area contributed by atoms with Crippen molar-refractivity contribution >= 4 is 132 Å². The molecular formula is C79H89N27O37P6. The van der Waals surface area contributed by atoms with E-state index in [4.69, 9.17) is 112 Å². The summed E-state index contributed by atoms with van der Waals surface area (Å²) in [5.41, 5.74) is 23.8. The predicted molar refractivity (Wildman–Crippen MR) is 503 cm³/mol.